The van der Waals surface area contributed by atoms with Crippen molar-refractivity contribution in [2.45, 2.75) is 45.1 Å². The van der Waals surface area contributed by atoms with Gasteiger partial charge >= 0.3 is 5.97 Å². The highest BCUT2D eigenvalue weighted by molar-refractivity contribution is 7.87. The van der Waals surface area contributed by atoms with Crippen molar-refractivity contribution in [2.24, 2.45) is 5.92 Å². The lowest BCUT2D eigenvalue weighted by Gasteiger charge is -2.22. The van der Waals surface area contributed by atoms with Crippen LogP contribution in [-0.2, 0) is 15.0 Å². The monoisotopic (exact) mass is 264 g/mol. The van der Waals surface area contributed by atoms with Crippen LogP contribution in [0.2, 0.25) is 0 Å². The molecule has 3 N–H and O–H groups in total. The largest absolute Gasteiger partial charge is 0.481 e. The van der Waals surface area contributed by atoms with E-state index in [1.807, 2.05) is 0 Å². The number of carboxylic acids is 1. The molecule has 0 heterocycles. The molecule has 6 nitrogen and oxygen atoms in total. The normalized spacial score (nSPS) is 26.4. The first-order valence-electron chi connectivity index (χ1n) is 5.96. The molecule has 0 aromatic rings. The van der Waals surface area contributed by atoms with Gasteiger partial charge in [0, 0.05) is 12.6 Å². The molecule has 2 unspecified atom stereocenters. The second-order valence-electron chi connectivity index (χ2n) is 4.31. The number of hydrogen-bond donors (Lipinski definition) is 3. The Labute approximate surface area is 102 Å². The van der Waals surface area contributed by atoms with Gasteiger partial charge in [0.05, 0.1) is 5.92 Å². The minimum absolute atomic E-state index is 0.291. The summed E-state index contributed by atoms with van der Waals surface area (Å²) in [6.45, 7) is 1.97. The SMILES string of the molecule is CCNS(=O)(=O)NC1CCCCCC1C(=O)O. The van der Waals surface area contributed by atoms with Crippen molar-refractivity contribution in [2.75, 3.05) is 6.54 Å². The van der Waals surface area contributed by atoms with Crippen LogP contribution in [0.15, 0.2) is 0 Å². The molecule has 0 bridgehead atoms. The van der Waals surface area contributed by atoms with Crippen molar-refractivity contribution in [1.29, 1.82) is 0 Å². The molecule has 0 amide bonds. The molecule has 1 aliphatic rings. The van der Waals surface area contributed by atoms with Crippen molar-refractivity contribution >= 4 is 16.2 Å². The molecule has 100 valence electrons. The second kappa shape index (κ2) is 6.32. The molecule has 1 saturated carbocycles. The summed E-state index contributed by atoms with van der Waals surface area (Å²) in [5.74, 6) is -1.54. The predicted molar refractivity (Wildman–Crippen MR) is 63.7 cm³/mol. The quantitative estimate of drug-likeness (QED) is 0.629. The molecule has 0 spiro atoms. The Morgan fingerprint density at radius 1 is 1.29 bits per heavy atom. The lowest BCUT2D eigenvalue weighted by atomic mass is 9.96. The summed E-state index contributed by atoms with van der Waals surface area (Å²) in [4.78, 5) is 11.1. The third-order valence-corrected chi connectivity index (χ3v) is 4.26. The van der Waals surface area contributed by atoms with Gasteiger partial charge in [-0.25, -0.2) is 4.72 Å². The summed E-state index contributed by atoms with van der Waals surface area (Å²) in [6, 6.07) is -0.501. The van der Waals surface area contributed by atoms with E-state index < -0.39 is 28.1 Å². The van der Waals surface area contributed by atoms with Gasteiger partial charge in [-0.3, -0.25) is 4.79 Å². The van der Waals surface area contributed by atoms with Crippen LogP contribution in [0.3, 0.4) is 0 Å². The fraction of sp³-hybridized carbons (Fsp3) is 0.900. The number of carboxylic acid groups (broad SMARTS) is 1. The van der Waals surface area contributed by atoms with E-state index in [2.05, 4.69) is 9.44 Å². The molecule has 0 aromatic heterocycles. The summed E-state index contributed by atoms with van der Waals surface area (Å²) in [5, 5.41) is 9.11. The average molecular weight is 264 g/mol. The van der Waals surface area contributed by atoms with Crippen molar-refractivity contribution in [3.8, 4) is 0 Å². The zero-order valence-corrected chi connectivity index (χ0v) is 10.8. The molecule has 0 aliphatic heterocycles. The highest BCUT2D eigenvalue weighted by Gasteiger charge is 2.32. The smallest absolute Gasteiger partial charge is 0.308 e. The third-order valence-electron chi connectivity index (χ3n) is 2.97. The van der Waals surface area contributed by atoms with E-state index in [-0.39, 0.29) is 0 Å². The minimum Gasteiger partial charge on any atom is -0.481 e. The van der Waals surface area contributed by atoms with Crippen molar-refractivity contribution in [3.63, 3.8) is 0 Å². The first kappa shape index (κ1) is 14.4. The Hall–Kier alpha value is -0.660. The highest BCUT2D eigenvalue weighted by Crippen LogP contribution is 2.24. The van der Waals surface area contributed by atoms with Crippen molar-refractivity contribution in [1.82, 2.24) is 9.44 Å². The standard InChI is InChI=1S/C10H20N2O4S/c1-2-11-17(15,16)12-9-7-5-3-4-6-8(9)10(13)14/h8-9,11-12H,2-7H2,1H3,(H,13,14). The molecule has 17 heavy (non-hydrogen) atoms. The Bertz CT molecular complexity index is 355. The Kier molecular flexibility index (Phi) is 5.35. The first-order chi connectivity index (χ1) is 7.96. The molecule has 7 heteroatoms. The van der Waals surface area contributed by atoms with Crippen LogP contribution < -0.4 is 9.44 Å². The zero-order chi connectivity index (χ0) is 12.9. The van der Waals surface area contributed by atoms with Crippen molar-refractivity contribution in [3.05, 3.63) is 0 Å². The van der Waals surface area contributed by atoms with Gasteiger partial charge in [-0.05, 0) is 12.8 Å². The van der Waals surface area contributed by atoms with Crippen molar-refractivity contribution < 1.29 is 18.3 Å². The van der Waals surface area contributed by atoms with Crippen LogP contribution in [0.4, 0.5) is 0 Å². The second-order valence-corrected chi connectivity index (χ2v) is 5.84. The van der Waals surface area contributed by atoms with E-state index in [0.717, 1.165) is 19.3 Å². The zero-order valence-electron chi connectivity index (χ0n) is 9.98. The molecule has 0 aromatic carbocycles. The van der Waals surface area contributed by atoms with Gasteiger partial charge in [0.2, 0.25) is 0 Å². The van der Waals surface area contributed by atoms with Crippen LogP contribution in [0, 0.1) is 5.92 Å². The number of nitrogens with one attached hydrogen (secondary N) is 2. The molecule has 0 radical (unpaired) electrons. The molecule has 0 saturated heterocycles. The number of aliphatic carboxylic acids is 1. The lowest BCUT2D eigenvalue weighted by molar-refractivity contribution is -0.142. The first-order valence-corrected chi connectivity index (χ1v) is 7.44. The summed E-state index contributed by atoms with van der Waals surface area (Å²) >= 11 is 0. The van der Waals surface area contributed by atoms with Gasteiger partial charge in [0.15, 0.2) is 0 Å². The van der Waals surface area contributed by atoms with E-state index >= 15 is 0 Å². The number of carbonyl (C=O) groups is 1. The topological polar surface area (TPSA) is 95.5 Å². The van der Waals surface area contributed by atoms with Gasteiger partial charge in [-0.15, -0.1) is 0 Å². The predicted octanol–water partition coefficient (Wildman–Crippen LogP) is 0.464. The van der Waals surface area contributed by atoms with Gasteiger partial charge in [-0.2, -0.15) is 13.1 Å². The van der Waals surface area contributed by atoms with E-state index in [9.17, 15) is 13.2 Å². The Morgan fingerprint density at radius 3 is 2.53 bits per heavy atom. The number of hydrogen-bond acceptors (Lipinski definition) is 3. The summed E-state index contributed by atoms with van der Waals surface area (Å²) in [5.41, 5.74) is 0. The Balaban J connectivity index is 2.73. The molecule has 1 fully saturated rings. The maximum absolute atomic E-state index is 11.6. The van der Waals surface area contributed by atoms with Crippen LogP contribution in [0.5, 0.6) is 0 Å². The van der Waals surface area contributed by atoms with Gasteiger partial charge < -0.3 is 5.11 Å². The van der Waals surface area contributed by atoms with Gasteiger partial charge in [0.1, 0.15) is 0 Å². The summed E-state index contributed by atoms with van der Waals surface area (Å²) < 4.78 is 27.9. The van der Waals surface area contributed by atoms with Gasteiger partial charge in [-0.1, -0.05) is 26.2 Å². The van der Waals surface area contributed by atoms with E-state index in [4.69, 9.17) is 5.11 Å². The molecular weight excluding hydrogens is 244 g/mol. The van der Waals surface area contributed by atoms with Gasteiger partial charge in [0.25, 0.3) is 10.2 Å². The molecule has 1 aliphatic carbocycles. The number of rotatable bonds is 5. The van der Waals surface area contributed by atoms with Crippen LogP contribution in [-0.4, -0.2) is 32.1 Å². The average Bonchev–Trinajstić information content (AvgIpc) is 2.42. The lowest BCUT2D eigenvalue weighted by Crippen LogP contribution is -2.47. The molecule has 1 rings (SSSR count). The third kappa shape index (κ3) is 4.61. The fourth-order valence-corrected chi connectivity index (χ4v) is 3.32. The van der Waals surface area contributed by atoms with Crippen LogP contribution >= 0.6 is 0 Å². The molecular formula is C10H20N2O4S. The Morgan fingerprint density at radius 2 is 1.94 bits per heavy atom. The maximum Gasteiger partial charge on any atom is 0.308 e. The van der Waals surface area contributed by atoms with E-state index in [1.54, 1.807) is 6.92 Å². The van der Waals surface area contributed by atoms with Crippen LogP contribution in [0.25, 0.3) is 0 Å². The summed E-state index contributed by atoms with van der Waals surface area (Å²) in [7, 11) is -3.58. The minimum atomic E-state index is -3.58. The van der Waals surface area contributed by atoms with Crippen LogP contribution in [0.1, 0.15) is 39.0 Å². The van der Waals surface area contributed by atoms with E-state index in [1.165, 1.54) is 0 Å². The fourth-order valence-electron chi connectivity index (χ4n) is 2.18. The van der Waals surface area contributed by atoms with E-state index in [0.29, 0.717) is 19.4 Å². The molecule has 2 atom stereocenters. The maximum atomic E-state index is 11.6. The summed E-state index contributed by atoms with van der Waals surface area (Å²) in [6.07, 6.45) is 3.79. The highest BCUT2D eigenvalue weighted by atomic mass is 32.2.